The number of aryl methyl sites for hydroxylation is 1. The van der Waals surface area contributed by atoms with Gasteiger partial charge in [-0.25, -0.2) is 0 Å². The molecule has 1 aromatic rings. The van der Waals surface area contributed by atoms with Crippen LogP contribution in [0, 0.1) is 0 Å². The molecule has 0 aliphatic rings. The molecule has 0 fully saturated rings. The Morgan fingerprint density at radius 3 is 1.72 bits per heavy atom. The summed E-state index contributed by atoms with van der Waals surface area (Å²) in [6, 6.07) is 10.8. The summed E-state index contributed by atoms with van der Waals surface area (Å²) in [5, 5.41) is 0. The van der Waals surface area contributed by atoms with Crippen LogP contribution in [0.5, 0.6) is 0 Å². The Balaban J connectivity index is 1.74. The van der Waals surface area contributed by atoms with Crippen molar-refractivity contribution in [1.82, 2.24) is 0 Å². The number of rotatable bonds is 16. The Morgan fingerprint density at radius 2 is 1.20 bits per heavy atom. The largest absolute Gasteiger partial charge is 0.466 e. The first kappa shape index (κ1) is 21.7. The maximum absolute atomic E-state index is 11.2. The third-order valence-corrected chi connectivity index (χ3v) is 4.74. The van der Waals surface area contributed by atoms with E-state index in [1.54, 1.807) is 0 Å². The van der Waals surface area contributed by atoms with Gasteiger partial charge in [0.25, 0.3) is 0 Å². The van der Waals surface area contributed by atoms with Gasteiger partial charge in [-0.3, -0.25) is 4.79 Å². The average molecular weight is 347 g/mol. The van der Waals surface area contributed by atoms with Crippen molar-refractivity contribution >= 4 is 5.97 Å². The van der Waals surface area contributed by atoms with Crippen LogP contribution in [0.2, 0.25) is 0 Å². The highest BCUT2D eigenvalue weighted by molar-refractivity contribution is 5.69. The average Bonchev–Trinajstić information content (AvgIpc) is 2.63. The van der Waals surface area contributed by atoms with Gasteiger partial charge >= 0.3 is 5.97 Å². The highest BCUT2D eigenvalue weighted by atomic mass is 16.5. The van der Waals surface area contributed by atoms with Crippen molar-refractivity contribution < 1.29 is 9.53 Å². The summed E-state index contributed by atoms with van der Waals surface area (Å²) >= 11 is 0. The van der Waals surface area contributed by atoms with Gasteiger partial charge in [0.15, 0.2) is 0 Å². The SMILES string of the molecule is CCOC(=O)CCCCCCCCCCCCCCc1ccccc1. The standard InChI is InChI=1S/C23H38O2/c1-2-25-23(24)21-17-12-10-8-6-4-3-5-7-9-11-14-18-22-19-15-13-16-20-22/h13,15-16,19-20H,2-12,14,17-18,21H2,1H3. The van der Waals surface area contributed by atoms with Gasteiger partial charge in [0, 0.05) is 6.42 Å². The number of esters is 1. The molecule has 0 amide bonds. The minimum Gasteiger partial charge on any atom is -0.466 e. The Morgan fingerprint density at radius 1 is 0.720 bits per heavy atom. The Bertz CT molecular complexity index is 413. The zero-order valence-corrected chi connectivity index (χ0v) is 16.3. The zero-order chi connectivity index (χ0) is 18.0. The van der Waals surface area contributed by atoms with E-state index in [0.717, 1.165) is 6.42 Å². The van der Waals surface area contributed by atoms with Crippen LogP contribution in [0.3, 0.4) is 0 Å². The molecule has 142 valence electrons. The molecule has 0 N–H and O–H groups in total. The smallest absolute Gasteiger partial charge is 0.305 e. The number of ether oxygens (including phenoxy) is 1. The van der Waals surface area contributed by atoms with Gasteiger partial charge in [-0.15, -0.1) is 0 Å². The number of hydrogen-bond acceptors (Lipinski definition) is 2. The van der Waals surface area contributed by atoms with E-state index in [0.29, 0.717) is 13.0 Å². The fraction of sp³-hybridized carbons (Fsp3) is 0.696. The first-order valence-corrected chi connectivity index (χ1v) is 10.5. The molecule has 0 aliphatic carbocycles. The molecule has 0 radical (unpaired) electrons. The molecule has 0 aromatic heterocycles. The molecule has 0 spiro atoms. The van der Waals surface area contributed by atoms with Gasteiger partial charge in [0.2, 0.25) is 0 Å². The third kappa shape index (κ3) is 13.6. The fourth-order valence-corrected chi connectivity index (χ4v) is 3.24. The highest BCUT2D eigenvalue weighted by Crippen LogP contribution is 2.13. The minimum atomic E-state index is -0.0359. The Hall–Kier alpha value is -1.31. The zero-order valence-electron chi connectivity index (χ0n) is 16.3. The summed E-state index contributed by atoms with van der Waals surface area (Å²) < 4.78 is 4.93. The van der Waals surface area contributed by atoms with E-state index >= 15 is 0 Å². The van der Waals surface area contributed by atoms with Gasteiger partial charge in [0.05, 0.1) is 6.61 Å². The van der Waals surface area contributed by atoms with Crippen molar-refractivity contribution in [1.29, 1.82) is 0 Å². The molecular formula is C23H38O2. The fourth-order valence-electron chi connectivity index (χ4n) is 3.24. The second-order valence-electron chi connectivity index (χ2n) is 7.03. The number of carbonyl (C=O) groups excluding carboxylic acids is 1. The summed E-state index contributed by atoms with van der Waals surface area (Å²) in [5.74, 6) is -0.0359. The first-order valence-electron chi connectivity index (χ1n) is 10.5. The van der Waals surface area contributed by atoms with Gasteiger partial charge < -0.3 is 4.74 Å². The van der Waals surface area contributed by atoms with Gasteiger partial charge in [-0.05, 0) is 31.7 Å². The van der Waals surface area contributed by atoms with Crippen molar-refractivity contribution in [3.8, 4) is 0 Å². The molecule has 2 heteroatoms. The molecular weight excluding hydrogens is 308 g/mol. The number of hydrogen-bond donors (Lipinski definition) is 0. The Labute approximate surface area is 155 Å². The summed E-state index contributed by atoms with van der Waals surface area (Å²) in [6.07, 6.45) is 17.6. The van der Waals surface area contributed by atoms with Crippen LogP contribution in [0.25, 0.3) is 0 Å². The molecule has 0 saturated carbocycles. The molecule has 25 heavy (non-hydrogen) atoms. The molecule has 2 nitrogen and oxygen atoms in total. The van der Waals surface area contributed by atoms with Crippen molar-refractivity contribution in [2.75, 3.05) is 6.61 Å². The van der Waals surface area contributed by atoms with Crippen molar-refractivity contribution in [2.45, 2.75) is 96.8 Å². The molecule has 1 rings (SSSR count). The van der Waals surface area contributed by atoms with E-state index in [1.807, 2.05) is 6.92 Å². The van der Waals surface area contributed by atoms with Gasteiger partial charge in [-0.2, -0.15) is 0 Å². The lowest BCUT2D eigenvalue weighted by Gasteiger charge is -2.04. The second-order valence-corrected chi connectivity index (χ2v) is 7.03. The molecule has 0 aliphatic heterocycles. The minimum absolute atomic E-state index is 0.0359. The van der Waals surface area contributed by atoms with Crippen LogP contribution in [0.1, 0.15) is 96.0 Å². The van der Waals surface area contributed by atoms with E-state index < -0.39 is 0 Å². The lowest BCUT2D eigenvalue weighted by Crippen LogP contribution is -2.03. The van der Waals surface area contributed by atoms with Crippen molar-refractivity contribution in [3.05, 3.63) is 35.9 Å². The molecule has 0 heterocycles. The van der Waals surface area contributed by atoms with E-state index in [-0.39, 0.29) is 5.97 Å². The van der Waals surface area contributed by atoms with E-state index in [1.165, 1.54) is 82.6 Å². The predicted molar refractivity (Wildman–Crippen MR) is 107 cm³/mol. The van der Waals surface area contributed by atoms with Crippen LogP contribution in [-0.2, 0) is 16.0 Å². The maximum Gasteiger partial charge on any atom is 0.305 e. The monoisotopic (exact) mass is 346 g/mol. The van der Waals surface area contributed by atoms with E-state index in [4.69, 9.17) is 4.74 Å². The van der Waals surface area contributed by atoms with Crippen molar-refractivity contribution in [3.63, 3.8) is 0 Å². The molecule has 0 saturated heterocycles. The number of unbranched alkanes of at least 4 members (excludes halogenated alkanes) is 11. The summed E-state index contributed by atoms with van der Waals surface area (Å²) in [5.41, 5.74) is 1.48. The number of benzene rings is 1. The van der Waals surface area contributed by atoms with E-state index in [9.17, 15) is 4.79 Å². The molecule has 1 aromatic carbocycles. The van der Waals surface area contributed by atoms with Gasteiger partial charge in [-0.1, -0.05) is 94.5 Å². The highest BCUT2D eigenvalue weighted by Gasteiger charge is 2.00. The molecule has 0 bridgehead atoms. The summed E-state index contributed by atoms with van der Waals surface area (Å²) in [4.78, 5) is 11.2. The normalized spacial score (nSPS) is 10.8. The van der Waals surface area contributed by atoms with E-state index in [2.05, 4.69) is 30.3 Å². The Kier molecular flexibility index (Phi) is 14.1. The maximum atomic E-state index is 11.2. The quantitative estimate of drug-likeness (QED) is 0.241. The summed E-state index contributed by atoms with van der Waals surface area (Å²) in [6.45, 7) is 2.37. The van der Waals surface area contributed by atoms with Crippen LogP contribution >= 0.6 is 0 Å². The van der Waals surface area contributed by atoms with Crippen LogP contribution in [0.15, 0.2) is 30.3 Å². The predicted octanol–water partition coefficient (Wildman–Crippen LogP) is 6.86. The second kappa shape index (κ2) is 16.2. The lowest BCUT2D eigenvalue weighted by molar-refractivity contribution is -0.143. The van der Waals surface area contributed by atoms with Gasteiger partial charge in [0.1, 0.15) is 0 Å². The molecule has 0 unspecified atom stereocenters. The van der Waals surface area contributed by atoms with Crippen LogP contribution in [0.4, 0.5) is 0 Å². The van der Waals surface area contributed by atoms with Crippen LogP contribution in [-0.4, -0.2) is 12.6 Å². The van der Waals surface area contributed by atoms with Crippen LogP contribution < -0.4 is 0 Å². The lowest BCUT2D eigenvalue weighted by atomic mass is 10.0. The third-order valence-electron chi connectivity index (χ3n) is 4.74. The number of carbonyl (C=O) groups is 1. The van der Waals surface area contributed by atoms with Crippen molar-refractivity contribution in [2.24, 2.45) is 0 Å². The molecule has 0 atom stereocenters. The summed E-state index contributed by atoms with van der Waals surface area (Å²) in [7, 11) is 0. The first-order chi connectivity index (χ1) is 12.3. The topological polar surface area (TPSA) is 26.3 Å².